The zero-order valence-electron chi connectivity index (χ0n) is 15.1. The van der Waals surface area contributed by atoms with Gasteiger partial charge in [0.1, 0.15) is 11.4 Å². The minimum Gasteiger partial charge on any atom is -0.494 e. The molecule has 0 fully saturated rings. The Morgan fingerprint density at radius 3 is 3.11 bits per heavy atom. The number of hydrogen-bond acceptors (Lipinski definition) is 6. The Bertz CT molecular complexity index is 933. The Kier molecular flexibility index (Phi) is 4.82. The van der Waals surface area contributed by atoms with Crippen LogP contribution in [0.4, 0.5) is 0 Å². The van der Waals surface area contributed by atoms with Crippen molar-refractivity contribution in [2.24, 2.45) is 0 Å². The summed E-state index contributed by atoms with van der Waals surface area (Å²) in [5, 5.41) is 19.1. The number of nitrogens with zero attached hydrogens (tertiary/aromatic N) is 6. The highest BCUT2D eigenvalue weighted by atomic mass is 16.5. The molecule has 9 heteroatoms. The van der Waals surface area contributed by atoms with E-state index in [1.165, 1.54) is 0 Å². The Hall–Kier alpha value is -3.23. The zero-order valence-corrected chi connectivity index (χ0v) is 15.1. The van der Waals surface area contributed by atoms with Gasteiger partial charge in [0.25, 0.3) is 0 Å². The topological polar surface area (TPSA) is 99.8 Å². The molecule has 3 aromatic rings. The first-order valence-corrected chi connectivity index (χ1v) is 8.97. The lowest BCUT2D eigenvalue weighted by Crippen LogP contribution is -2.30. The summed E-state index contributed by atoms with van der Waals surface area (Å²) in [6, 6.07) is 7.65. The average molecular weight is 367 g/mol. The largest absolute Gasteiger partial charge is 0.494 e. The second kappa shape index (κ2) is 7.56. The molecule has 0 radical (unpaired) electrons. The fourth-order valence-electron chi connectivity index (χ4n) is 3.32. The third-order valence-corrected chi connectivity index (χ3v) is 4.74. The maximum atomic E-state index is 12.7. The molecule has 1 unspecified atom stereocenters. The molecule has 1 amide bonds. The predicted molar refractivity (Wildman–Crippen MR) is 96.4 cm³/mol. The summed E-state index contributed by atoms with van der Waals surface area (Å²) in [5.41, 5.74) is 1.75. The summed E-state index contributed by atoms with van der Waals surface area (Å²) in [7, 11) is 1.63. The normalized spacial score (nSPS) is 16.4. The lowest BCUT2D eigenvalue weighted by molar-refractivity contribution is -0.123. The van der Waals surface area contributed by atoms with Crippen molar-refractivity contribution in [3.05, 3.63) is 48.0 Å². The van der Waals surface area contributed by atoms with Crippen LogP contribution in [0.5, 0.6) is 5.75 Å². The van der Waals surface area contributed by atoms with E-state index in [0.29, 0.717) is 12.4 Å². The zero-order chi connectivity index (χ0) is 18.6. The summed E-state index contributed by atoms with van der Waals surface area (Å²) in [6.07, 6.45) is 6.33. The lowest BCUT2D eigenvalue weighted by Gasteiger charge is -2.12. The molecule has 0 bridgehead atoms. The first-order valence-electron chi connectivity index (χ1n) is 8.97. The molecule has 2 aromatic heterocycles. The number of carbonyl (C=O) groups is 1. The number of hydrogen-bond donors (Lipinski definition) is 1. The molecule has 1 N–H and O–H groups in total. The van der Waals surface area contributed by atoms with Gasteiger partial charge in [0.15, 0.2) is 5.82 Å². The summed E-state index contributed by atoms with van der Waals surface area (Å²) in [4.78, 5) is 12.7. The number of carbonyl (C=O) groups excluding carboxylic acids is 1. The quantitative estimate of drug-likeness (QED) is 0.733. The Morgan fingerprint density at radius 2 is 2.22 bits per heavy atom. The van der Waals surface area contributed by atoms with Crippen LogP contribution >= 0.6 is 0 Å². The lowest BCUT2D eigenvalue weighted by atomic mass is 10.0. The van der Waals surface area contributed by atoms with Crippen LogP contribution in [0.2, 0.25) is 0 Å². The van der Waals surface area contributed by atoms with E-state index in [-0.39, 0.29) is 11.8 Å². The van der Waals surface area contributed by atoms with Gasteiger partial charge in [-0.3, -0.25) is 4.79 Å². The van der Waals surface area contributed by atoms with Crippen molar-refractivity contribution in [2.45, 2.75) is 38.3 Å². The van der Waals surface area contributed by atoms with Gasteiger partial charge in [0.05, 0.1) is 19.2 Å². The Labute approximate surface area is 156 Å². The molecule has 4 rings (SSSR count). The van der Waals surface area contributed by atoms with E-state index in [2.05, 4.69) is 25.9 Å². The van der Waals surface area contributed by atoms with Gasteiger partial charge in [0, 0.05) is 24.8 Å². The molecule has 1 aliphatic rings. The maximum Gasteiger partial charge on any atom is 0.231 e. The van der Waals surface area contributed by atoms with Gasteiger partial charge >= 0.3 is 0 Å². The molecule has 0 spiro atoms. The van der Waals surface area contributed by atoms with Crippen molar-refractivity contribution in [3.63, 3.8) is 0 Å². The first kappa shape index (κ1) is 17.2. The summed E-state index contributed by atoms with van der Waals surface area (Å²) < 4.78 is 8.85. The van der Waals surface area contributed by atoms with Crippen LogP contribution in [0, 0.1) is 0 Å². The maximum absolute atomic E-state index is 12.7. The fourth-order valence-corrected chi connectivity index (χ4v) is 3.32. The van der Waals surface area contributed by atoms with Gasteiger partial charge in [-0.2, -0.15) is 5.10 Å². The Morgan fingerprint density at radius 1 is 1.33 bits per heavy atom. The van der Waals surface area contributed by atoms with E-state index in [4.69, 9.17) is 4.74 Å². The van der Waals surface area contributed by atoms with Gasteiger partial charge in [-0.15, -0.1) is 5.10 Å². The second-order valence-corrected chi connectivity index (χ2v) is 6.49. The average Bonchev–Trinajstić information content (AvgIpc) is 3.32. The number of benzene rings is 1. The number of methoxy groups -OCH3 is 1. The van der Waals surface area contributed by atoms with E-state index in [1.54, 1.807) is 22.7 Å². The van der Waals surface area contributed by atoms with Crippen molar-refractivity contribution in [1.82, 2.24) is 35.3 Å². The molecule has 9 nitrogen and oxygen atoms in total. The van der Waals surface area contributed by atoms with E-state index in [1.807, 2.05) is 30.5 Å². The highest BCUT2D eigenvalue weighted by Gasteiger charge is 2.28. The van der Waals surface area contributed by atoms with Crippen LogP contribution in [0.3, 0.4) is 0 Å². The van der Waals surface area contributed by atoms with E-state index >= 15 is 0 Å². The summed E-state index contributed by atoms with van der Waals surface area (Å²) in [5.74, 6) is 1.01. The van der Waals surface area contributed by atoms with Crippen molar-refractivity contribution >= 4 is 5.91 Å². The summed E-state index contributed by atoms with van der Waals surface area (Å²) >= 11 is 0. The third-order valence-electron chi connectivity index (χ3n) is 4.74. The van der Waals surface area contributed by atoms with Crippen LogP contribution in [0.1, 0.15) is 36.6 Å². The third kappa shape index (κ3) is 3.53. The van der Waals surface area contributed by atoms with Gasteiger partial charge in [0.2, 0.25) is 5.91 Å². The minimum absolute atomic E-state index is 0.0574. The molecule has 3 heterocycles. The van der Waals surface area contributed by atoms with Gasteiger partial charge in [-0.05, 0) is 35.4 Å². The molecule has 1 atom stereocenters. The van der Waals surface area contributed by atoms with Crippen molar-refractivity contribution in [3.8, 4) is 11.4 Å². The van der Waals surface area contributed by atoms with Crippen LogP contribution in [0.15, 0.2) is 36.7 Å². The van der Waals surface area contributed by atoms with Gasteiger partial charge < -0.3 is 10.1 Å². The van der Waals surface area contributed by atoms with Crippen LogP contribution in [0.25, 0.3) is 5.69 Å². The highest BCUT2D eigenvalue weighted by Crippen LogP contribution is 2.24. The SMILES string of the molecule is COc1ccccc1-n1cc(CNC(=O)C2CCCCn3nnnc32)cn1. The van der Waals surface area contributed by atoms with E-state index in [0.717, 1.165) is 42.8 Å². The number of rotatable bonds is 5. The molecular weight excluding hydrogens is 346 g/mol. The summed E-state index contributed by atoms with van der Waals surface area (Å²) in [6.45, 7) is 1.16. The Balaban J connectivity index is 1.44. The van der Waals surface area contributed by atoms with Crippen molar-refractivity contribution in [2.75, 3.05) is 7.11 Å². The standard InChI is InChI=1S/C18H21N7O2/c1-27-16-8-3-2-7-15(16)25-12-13(11-20-25)10-19-18(26)14-6-4-5-9-24-17(14)21-22-23-24/h2-3,7-8,11-12,14H,4-6,9-10H2,1H3,(H,19,26). The molecule has 0 saturated carbocycles. The smallest absolute Gasteiger partial charge is 0.231 e. The predicted octanol–water partition coefficient (Wildman–Crippen LogP) is 1.45. The fraction of sp³-hybridized carbons (Fsp3) is 0.389. The number of aryl methyl sites for hydroxylation is 1. The van der Waals surface area contributed by atoms with Crippen LogP contribution in [-0.2, 0) is 17.9 Å². The monoisotopic (exact) mass is 367 g/mol. The van der Waals surface area contributed by atoms with E-state index < -0.39 is 0 Å². The van der Waals surface area contributed by atoms with E-state index in [9.17, 15) is 4.79 Å². The molecule has 1 aromatic carbocycles. The van der Waals surface area contributed by atoms with Crippen LogP contribution < -0.4 is 10.1 Å². The highest BCUT2D eigenvalue weighted by molar-refractivity contribution is 5.82. The van der Waals surface area contributed by atoms with Crippen molar-refractivity contribution < 1.29 is 9.53 Å². The number of tetrazole rings is 1. The number of aromatic nitrogens is 6. The molecule has 1 aliphatic heterocycles. The number of fused-ring (bicyclic) bond motifs is 1. The van der Waals surface area contributed by atoms with Crippen LogP contribution in [-0.4, -0.2) is 43.0 Å². The molecule has 140 valence electrons. The first-order chi connectivity index (χ1) is 13.3. The number of para-hydroxylation sites is 2. The van der Waals surface area contributed by atoms with Gasteiger partial charge in [-0.25, -0.2) is 9.36 Å². The number of nitrogens with one attached hydrogen (secondary N) is 1. The van der Waals surface area contributed by atoms with Crippen molar-refractivity contribution in [1.29, 1.82) is 0 Å². The second-order valence-electron chi connectivity index (χ2n) is 6.49. The number of amides is 1. The number of ether oxygens (including phenoxy) is 1. The minimum atomic E-state index is -0.313. The molecular formula is C18H21N7O2. The van der Waals surface area contributed by atoms with Gasteiger partial charge in [-0.1, -0.05) is 18.6 Å². The molecule has 0 aliphatic carbocycles. The molecule has 0 saturated heterocycles. The molecule has 27 heavy (non-hydrogen) atoms.